The lowest BCUT2D eigenvalue weighted by atomic mass is 10.1. The monoisotopic (exact) mass is 477 g/mol. The SMILES string of the molecule is CCC(=O)c1n[nH]c2cc(O)c(C(=O)N3Cc4ccc(OCCN5CCN(C)CC5)cc4C3)cc12. The second kappa shape index (κ2) is 9.67. The molecule has 9 heteroatoms. The van der Waals surface area contributed by atoms with Crippen molar-refractivity contribution in [3.8, 4) is 11.5 Å². The number of H-pyrrole nitrogens is 1. The number of hydrogen-bond donors (Lipinski definition) is 2. The van der Waals surface area contributed by atoms with Crippen LogP contribution in [0.5, 0.6) is 11.5 Å². The molecule has 184 valence electrons. The number of benzene rings is 2. The van der Waals surface area contributed by atoms with Crippen LogP contribution in [0.1, 0.15) is 45.3 Å². The van der Waals surface area contributed by atoms with E-state index < -0.39 is 0 Å². The van der Waals surface area contributed by atoms with Crippen LogP contribution in [0.25, 0.3) is 10.9 Å². The second-order valence-electron chi connectivity index (χ2n) is 9.35. The molecule has 0 atom stereocenters. The van der Waals surface area contributed by atoms with E-state index in [0.717, 1.165) is 49.6 Å². The van der Waals surface area contributed by atoms with E-state index in [-0.39, 0.29) is 23.0 Å². The van der Waals surface area contributed by atoms with Crippen LogP contribution in [0.2, 0.25) is 0 Å². The number of nitrogens with one attached hydrogen (secondary N) is 1. The predicted octanol–water partition coefficient (Wildman–Crippen LogP) is 2.64. The first-order valence-corrected chi connectivity index (χ1v) is 12.1. The molecule has 3 heterocycles. The lowest BCUT2D eigenvalue weighted by Crippen LogP contribution is -2.45. The van der Waals surface area contributed by atoms with Gasteiger partial charge >= 0.3 is 0 Å². The van der Waals surface area contributed by atoms with Crippen LogP contribution in [0.15, 0.2) is 30.3 Å². The van der Waals surface area contributed by atoms with Crippen molar-refractivity contribution >= 4 is 22.6 Å². The maximum absolute atomic E-state index is 13.3. The highest BCUT2D eigenvalue weighted by Gasteiger charge is 2.27. The molecule has 5 rings (SSSR count). The number of ketones is 1. The molecule has 1 fully saturated rings. The Morgan fingerprint density at radius 3 is 2.63 bits per heavy atom. The number of hydrogen-bond acceptors (Lipinski definition) is 7. The highest BCUT2D eigenvalue weighted by atomic mass is 16.5. The van der Waals surface area contributed by atoms with E-state index in [1.807, 2.05) is 18.2 Å². The molecular weight excluding hydrogens is 446 g/mol. The van der Waals surface area contributed by atoms with Crippen molar-refractivity contribution in [3.63, 3.8) is 0 Å². The summed E-state index contributed by atoms with van der Waals surface area (Å²) in [6.45, 7) is 8.48. The van der Waals surface area contributed by atoms with Gasteiger partial charge in [-0.1, -0.05) is 13.0 Å². The molecule has 9 nitrogen and oxygen atoms in total. The van der Waals surface area contributed by atoms with Gasteiger partial charge in [0.25, 0.3) is 5.91 Å². The molecule has 2 aliphatic rings. The lowest BCUT2D eigenvalue weighted by Gasteiger charge is -2.32. The maximum atomic E-state index is 13.3. The fourth-order valence-electron chi connectivity index (χ4n) is 4.74. The minimum Gasteiger partial charge on any atom is -0.507 e. The van der Waals surface area contributed by atoms with Gasteiger partial charge in [0.1, 0.15) is 23.8 Å². The van der Waals surface area contributed by atoms with Crippen molar-refractivity contribution in [1.29, 1.82) is 0 Å². The highest BCUT2D eigenvalue weighted by molar-refractivity contribution is 6.09. The molecule has 1 aromatic heterocycles. The summed E-state index contributed by atoms with van der Waals surface area (Å²) < 4.78 is 6.00. The molecule has 1 saturated heterocycles. The van der Waals surface area contributed by atoms with Gasteiger partial charge in [-0.3, -0.25) is 19.6 Å². The Kier molecular flexibility index (Phi) is 6.44. The number of likely N-dealkylation sites (N-methyl/N-ethyl adjacent to an activating group) is 1. The number of aromatic amines is 1. The average molecular weight is 478 g/mol. The summed E-state index contributed by atoms with van der Waals surface area (Å²) in [5.41, 5.74) is 3.09. The van der Waals surface area contributed by atoms with E-state index in [1.165, 1.54) is 6.07 Å². The number of carbonyl (C=O) groups excluding carboxylic acids is 2. The normalized spacial score (nSPS) is 16.6. The molecule has 0 unspecified atom stereocenters. The Balaban J connectivity index is 1.25. The van der Waals surface area contributed by atoms with Crippen LogP contribution >= 0.6 is 0 Å². The largest absolute Gasteiger partial charge is 0.507 e. The summed E-state index contributed by atoms with van der Waals surface area (Å²) in [6, 6.07) is 8.98. The smallest absolute Gasteiger partial charge is 0.258 e. The molecule has 2 aliphatic heterocycles. The molecule has 2 aromatic carbocycles. The minimum absolute atomic E-state index is 0.117. The van der Waals surface area contributed by atoms with Gasteiger partial charge in [-0.2, -0.15) is 5.10 Å². The van der Waals surface area contributed by atoms with Gasteiger partial charge in [-0.05, 0) is 36.4 Å². The van der Waals surface area contributed by atoms with Crippen molar-refractivity contribution in [1.82, 2.24) is 24.9 Å². The molecule has 0 aliphatic carbocycles. The zero-order valence-corrected chi connectivity index (χ0v) is 20.2. The Morgan fingerprint density at radius 1 is 1.09 bits per heavy atom. The van der Waals surface area contributed by atoms with Gasteiger partial charge in [0.15, 0.2) is 5.78 Å². The number of rotatable bonds is 7. The van der Waals surface area contributed by atoms with E-state index in [9.17, 15) is 14.7 Å². The third-order valence-corrected chi connectivity index (χ3v) is 6.95. The topological polar surface area (TPSA) is 102 Å². The molecule has 0 radical (unpaired) electrons. The van der Waals surface area contributed by atoms with E-state index in [1.54, 1.807) is 17.9 Å². The fraction of sp³-hybridized carbons (Fsp3) is 0.423. The van der Waals surface area contributed by atoms with E-state index in [0.29, 0.717) is 42.7 Å². The first kappa shape index (κ1) is 23.3. The summed E-state index contributed by atoms with van der Waals surface area (Å²) in [6.07, 6.45) is 0.311. The van der Waals surface area contributed by atoms with E-state index >= 15 is 0 Å². The van der Waals surface area contributed by atoms with Crippen LogP contribution in [0.3, 0.4) is 0 Å². The van der Waals surface area contributed by atoms with Gasteiger partial charge in [0.2, 0.25) is 0 Å². The van der Waals surface area contributed by atoms with Crippen LogP contribution < -0.4 is 4.74 Å². The fourth-order valence-corrected chi connectivity index (χ4v) is 4.74. The van der Waals surface area contributed by atoms with Crippen LogP contribution in [-0.2, 0) is 13.1 Å². The first-order chi connectivity index (χ1) is 16.9. The summed E-state index contributed by atoms with van der Waals surface area (Å²) >= 11 is 0. The number of Topliss-reactive ketones (excluding diaryl/α,β-unsaturated/α-hetero) is 1. The summed E-state index contributed by atoms with van der Waals surface area (Å²) in [5.74, 6) is 0.270. The number of aromatic hydroxyl groups is 1. The number of piperazine rings is 1. The molecule has 0 spiro atoms. The quantitative estimate of drug-likeness (QED) is 0.505. The number of fused-ring (bicyclic) bond motifs is 2. The zero-order valence-electron chi connectivity index (χ0n) is 20.2. The number of phenols is 1. The number of amides is 1. The third kappa shape index (κ3) is 4.74. The molecule has 1 amide bonds. The number of carbonyl (C=O) groups is 2. The van der Waals surface area contributed by atoms with Crippen LogP contribution in [0, 0.1) is 0 Å². The molecular formula is C26H31N5O4. The molecule has 3 aromatic rings. The summed E-state index contributed by atoms with van der Waals surface area (Å²) in [7, 11) is 2.15. The Bertz CT molecular complexity index is 1260. The number of aromatic nitrogens is 2. The van der Waals surface area contributed by atoms with Gasteiger partial charge in [0, 0.05) is 63.7 Å². The molecule has 0 saturated carbocycles. The Labute approximate surface area is 204 Å². The summed E-state index contributed by atoms with van der Waals surface area (Å²) in [5, 5.41) is 17.9. The van der Waals surface area contributed by atoms with Gasteiger partial charge in [-0.15, -0.1) is 0 Å². The predicted molar refractivity (Wildman–Crippen MR) is 132 cm³/mol. The Hall–Kier alpha value is -3.43. The third-order valence-electron chi connectivity index (χ3n) is 6.95. The van der Waals surface area contributed by atoms with Crippen LogP contribution in [-0.4, -0.2) is 88.1 Å². The van der Waals surface area contributed by atoms with Crippen LogP contribution in [0.4, 0.5) is 0 Å². The average Bonchev–Trinajstić information content (AvgIpc) is 3.47. The summed E-state index contributed by atoms with van der Waals surface area (Å²) in [4.78, 5) is 32.0. The van der Waals surface area contributed by atoms with Gasteiger partial charge in [0.05, 0.1) is 11.1 Å². The van der Waals surface area contributed by atoms with E-state index in [2.05, 4.69) is 27.0 Å². The van der Waals surface area contributed by atoms with Crippen molar-refractivity contribution < 1.29 is 19.4 Å². The zero-order chi connectivity index (χ0) is 24.5. The number of phenolic OH excluding ortho intramolecular Hbond substituents is 1. The molecule has 35 heavy (non-hydrogen) atoms. The standard InChI is InChI=1S/C26H31N5O4/c1-3-23(32)25-20-13-21(24(33)14-22(20)27-28-25)26(34)31-15-17-4-5-19(12-18(17)16-31)35-11-10-30-8-6-29(2)7-9-30/h4-5,12-14,33H,3,6-11,15-16H2,1-2H3,(H,27,28). The number of nitrogens with zero attached hydrogens (tertiary/aromatic N) is 4. The minimum atomic E-state index is -0.283. The molecule has 0 bridgehead atoms. The van der Waals surface area contributed by atoms with Gasteiger partial charge in [-0.25, -0.2) is 0 Å². The Morgan fingerprint density at radius 2 is 1.86 bits per heavy atom. The highest BCUT2D eigenvalue weighted by Crippen LogP contribution is 2.32. The molecule has 2 N–H and O–H groups in total. The van der Waals surface area contributed by atoms with Crippen molar-refractivity contribution in [2.24, 2.45) is 0 Å². The maximum Gasteiger partial charge on any atom is 0.258 e. The van der Waals surface area contributed by atoms with Gasteiger partial charge < -0.3 is 19.6 Å². The van der Waals surface area contributed by atoms with E-state index in [4.69, 9.17) is 4.74 Å². The lowest BCUT2D eigenvalue weighted by molar-refractivity contribution is 0.0748. The van der Waals surface area contributed by atoms with Crippen molar-refractivity contribution in [2.75, 3.05) is 46.4 Å². The number of ether oxygens (including phenoxy) is 1. The first-order valence-electron chi connectivity index (χ1n) is 12.1. The van der Waals surface area contributed by atoms with Crippen molar-refractivity contribution in [3.05, 3.63) is 52.7 Å². The van der Waals surface area contributed by atoms with Crippen molar-refractivity contribution in [2.45, 2.75) is 26.4 Å². The second-order valence-corrected chi connectivity index (χ2v) is 9.35.